The van der Waals surface area contributed by atoms with E-state index in [4.69, 9.17) is 0 Å². The number of anilines is 1. The molecule has 1 aliphatic rings. The van der Waals surface area contributed by atoms with Crippen molar-refractivity contribution in [3.05, 3.63) is 54.4 Å². The molecule has 0 saturated carbocycles. The normalized spacial score (nSPS) is 15.2. The van der Waals surface area contributed by atoms with Crippen LogP contribution in [0.1, 0.15) is 12.0 Å². The van der Waals surface area contributed by atoms with Gasteiger partial charge in [-0.25, -0.2) is 9.97 Å². The molecule has 1 fully saturated rings. The van der Waals surface area contributed by atoms with E-state index in [0.717, 1.165) is 44.2 Å². The second-order valence-corrected chi connectivity index (χ2v) is 6.36. The highest BCUT2D eigenvalue weighted by molar-refractivity contribution is 5.76. The van der Waals surface area contributed by atoms with Crippen LogP contribution in [0.2, 0.25) is 0 Å². The topological polar surface area (TPSA) is 52.6 Å². The van der Waals surface area contributed by atoms with Crippen molar-refractivity contribution in [1.82, 2.24) is 19.8 Å². The number of rotatable bonds is 6. The van der Waals surface area contributed by atoms with Crippen molar-refractivity contribution in [2.24, 2.45) is 0 Å². The van der Waals surface area contributed by atoms with Crippen molar-refractivity contribution < 1.29 is 4.79 Å². The van der Waals surface area contributed by atoms with E-state index in [1.807, 2.05) is 36.2 Å². The number of amides is 1. The summed E-state index contributed by atoms with van der Waals surface area (Å²) < 4.78 is 0. The quantitative estimate of drug-likeness (QED) is 0.801. The Balaban J connectivity index is 1.40. The summed E-state index contributed by atoms with van der Waals surface area (Å²) in [5.41, 5.74) is 1.16. The van der Waals surface area contributed by atoms with Gasteiger partial charge in [0.15, 0.2) is 0 Å². The Kier molecular flexibility index (Phi) is 5.95. The number of carbonyl (C=O) groups excluding carboxylic acids is 1. The Morgan fingerprint density at radius 3 is 2.40 bits per heavy atom. The van der Waals surface area contributed by atoms with E-state index in [9.17, 15) is 4.79 Å². The van der Waals surface area contributed by atoms with Gasteiger partial charge in [0.1, 0.15) is 0 Å². The number of nitrogens with zero attached hydrogens (tertiary/aromatic N) is 5. The molecule has 132 valence electrons. The monoisotopic (exact) mass is 339 g/mol. The summed E-state index contributed by atoms with van der Waals surface area (Å²) >= 11 is 0. The highest BCUT2D eigenvalue weighted by Gasteiger charge is 2.19. The first-order valence-electron chi connectivity index (χ1n) is 8.74. The number of carbonyl (C=O) groups is 1. The van der Waals surface area contributed by atoms with Crippen LogP contribution >= 0.6 is 0 Å². The zero-order valence-corrected chi connectivity index (χ0v) is 14.7. The van der Waals surface area contributed by atoms with E-state index < -0.39 is 0 Å². The van der Waals surface area contributed by atoms with E-state index in [1.165, 1.54) is 0 Å². The van der Waals surface area contributed by atoms with Crippen molar-refractivity contribution in [2.75, 3.05) is 44.7 Å². The predicted octanol–water partition coefficient (Wildman–Crippen LogP) is 1.65. The van der Waals surface area contributed by atoms with E-state index in [1.54, 1.807) is 12.4 Å². The Morgan fingerprint density at radius 2 is 1.72 bits per heavy atom. The minimum atomic E-state index is 0.192. The molecule has 0 spiro atoms. The minimum Gasteiger partial charge on any atom is -0.341 e. The molecule has 6 heteroatoms. The Bertz CT molecular complexity index is 656. The molecule has 0 unspecified atom stereocenters. The van der Waals surface area contributed by atoms with Crippen molar-refractivity contribution >= 4 is 11.9 Å². The highest BCUT2D eigenvalue weighted by Crippen LogP contribution is 2.10. The summed E-state index contributed by atoms with van der Waals surface area (Å²) in [5.74, 6) is 0.985. The molecule has 0 bridgehead atoms. The van der Waals surface area contributed by atoms with E-state index in [0.29, 0.717) is 13.0 Å². The van der Waals surface area contributed by atoms with Crippen molar-refractivity contribution in [3.8, 4) is 0 Å². The van der Waals surface area contributed by atoms with Crippen LogP contribution in [-0.2, 0) is 11.3 Å². The van der Waals surface area contributed by atoms with Crippen LogP contribution in [0.4, 0.5) is 5.95 Å². The summed E-state index contributed by atoms with van der Waals surface area (Å²) in [7, 11) is 1.88. The van der Waals surface area contributed by atoms with Crippen LogP contribution in [0.5, 0.6) is 0 Å². The molecule has 3 rings (SSSR count). The van der Waals surface area contributed by atoms with Gasteiger partial charge in [-0.2, -0.15) is 0 Å². The van der Waals surface area contributed by atoms with Crippen LogP contribution < -0.4 is 4.90 Å². The Morgan fingerprint density at radius 1 is 1.04 bits per heavy atom. The highest BCUT2D eigenvalue weighted by atomic mass is 16.2. The summed E-state index contributed by atoms with van der Waals surface area (Å²) in [5, 5.41) is 0. The van der Waals surface area contributed by atoms with Gasteiger partial charge in [0, 0.05) is 65.1 Å². The SMILES string of the molecule is CN(Cc1ccccc1)C(=O)CCN1CCN(c2ncccn2)CC1. The van der Waals surface area contributed by atoms with Crippen LogP contribution in [0.3, 0.4) is 0 Å². The van der Waals surface area contributed by atoms with E-state index >= 15 is 0 Å². The first kappa shape index (κ1) is 17.4. The van der Waals surface area contributed by atoms with Gasteiger partial charge in [0.2, 0.25) is 11.9 Å². The summed E-state index contributed by atoms with van der Waals surface area (Å²) in [6, 6.07) is 11.9. The molecule has 6 nitrogen and oxygen atoms in total. The second-order valence-electron chi connectivity index (χ2n) is 6.36. The van der Waals surface area contributed by atoms with Crippen LogP contribution in [-0.4, -0.2) is 65.4 Å². The maximum absolute atomic E-state index is 12.3. The standard InChI is InChI=1S/C19H25N5O/c1-22(16-17-6-3-2-4-7-17)18(25)8-11-23-12-14-24(15-13-23)19-20-9-5-10-21-19/h2-7,9-10H,8,11-16H2,1H3. The number of hydrogen-bond acceptors (Lipinski definition) is 5. The van der Waals surface area contributed by atoms with Gasteiger partial charge in [0.25, 0.3) is 0 Å². The molecule has 1 aliphatic heterocycles. The lowest BCUT2D eigenvalue weighted by atomic mass is 10.2. The summed E-state index contributed by atoms with van der Waals surface area (Å²) in [6.07, 6.45) is 4.11. The number of benzene rings is 1. The van der Waals surface area contributed by atoms with Crippen molar-refractivity contribution in [3.63, 3.8) is 0 Å². The van der Waals surface area contributed by atoms with Gasteiger partial charge in [-0.05, 0) is 11.6 Å². The fourth-order valence-corrected chi connectivity index (χ4v) is 3.02. The van der Waals surface area contributed by atoms with E-state index in [2.05, 4.69) is 31.9 Å². The van der Waals surface area contributed by atoms with Crippen molar-refractivity contribution in [2.45, 2.75) is 13.0 Å². The maximum Gasteiger partial charge on any atom is 0.225 e. The lowest BCUT2D eigenvalue weighted by Gasteiger charge is -2.34. The van der Waals surface area contributed by atoms with Crippen LogP contribution in [0.15, 0.2) is 48.8 Å². The van der Waals surface area contributed by atoms with Gasteiger partial charge in [-0.1, -0.05) is 30.3 Å². The molecule has 1 aromatic heterocycles. The molecular weight excluding hydrogens is 314 g/mol. The molecular formula is C19H25N5O. The lowest BCUT2D eigenvalue weighted by molar-refractivity contribution is -0.130. The fourth-order valence-electron chi connectivity index (χ4n) is 3.02. The minimum absolute atomic E-state index is 0.192. The second kappa shape index (κ2) is 8.58. The zero-order chi connectivity index (χ0) is 17.5. The van der Waals surface area contributed by atoms with Gasteiger partial charge in [0.05, 0.1) is 0 Å². The predicted molar refractivity (Wildman–Crippen MR) is 98.2 cm³/mol. The number of hydrogen-bond donors (Lipinski definition) is 0. The molecule has 2 aromatic rings. The van der Waals surface area contributed by atoms with Crippen molar-refractivity contribution in [1.29, 1.82) is 0 Å². The van der Waals surface area contributed by atoms with Gasteiger partial charge >= 0.3 is 0 Å². The first-order valence-corrected chi connectivity index (χ1v) is 8.74. The van der Waals surface area contributed by atoms with Gasteiger partial charge < -0.3 is 9.80 Å². The summed E-state index contributed by atoms with van der Waals surface area (Å²) in [6.45, 7) is 5.15. The fraction of sp³-hybridized carbons (Fsp3) is 0.421. The lowest BCUT2D eigenvalue weighted by Crippen LogP contribution is -2.47. The Hall–Kier alpha value is -2.47. The smallest absolute Gasteiger partial charge is 0.225 e. The third kappa shape index (κ3) is 5.00. The number of piperazine rings is 1. The average molecular weight is 339 g/mol. The average Bonchev–Trinajstić information content (AvgIpc) is 2.68. The zero-order valence-electron chi connectivity index (χ0n) is 14.7. The van der Waals surface area contributed by atoms with Crippen LogP contribution in [0.25, 0.3) is 0 Å². The third-order valence-electron chi connectivity index (χ3n) is 4.54. The molecule has 1 aromatic carbocycles. The molecule has 0 radical (unpaired) electrons. The van der Waals surface area contributed by atoms with Gasteiger partial charge in [-0.3, -0.25) is 9.69 Å². The summed E-state index contributed by atoms with van der Waals surface area (Å²) in [4.78, 5) is 27.3. The molecule has 0 aliphatic carbocycles. The maximum atomic E-state index is 12.3. The third-order valence-corrected chi connectivity index (χ3v) is 4.54. The molecule has 1 saturated heterocycles. The van der Waals surface area contributed by atoms with E-state index in [-0.39, 0.29) is 5.91 Å². The Labute approximate surface area is 149 Å². The first-order chi connectivity index (χ1) is 12.2. The van der Waals surface area contributed by atoms with Crippen LogP contribution in [0, 0.1) is 0 Å². The molecule has 0 N–H and O–H groups in total. The molecule has 2 heterocycles. The largest absolute Gasteiger partial charge is 0.341 e. The number of aromatic nitrogens is 2. The molecule has 1 amide bonds. The molecule has 0 atom stereocenters. The molecule has 25 heavy (non-hydrogen) atoms. The van der Waals surface area contributed by atoms with Gasteiger partial charge in [-0.15, -0.1) is 0 Å².